The molecule has 0 aliphatic rings. The number of carboxylic acids is 6. The number of aliphatic carboxylic acids is 4. The second-order valence-electron chi connectivity index (χ2n) is 32.0. The summed E-state index contributed by atoms with van der Waals surface area (Å²) < 4.78 is 11.3. The lowest BCUT2D eigenvalue weighted by atomic mass is 9.82. The van der Waals surface area contributed by atoms with E-state index < -0.39 is 150 Å². The first-order valence-electron chi connectivity index (χ1n) is 43.4. The van der Waals surface area contributed by atoms with E-state index in [1.54, 1.807) is 24.3 Å². The first-order chi connectivity index (χ1) is 58.5. The van der Waals surface area contributed by atoms with Crippen molar-refractivity contribution in [3.05, 3.63) is 59.7 Å². The second kappa shape index (κ2) is 63.4. The van der Waals surface area contributed by atoms with Gasteiger partial charge in [-0.25, -0.2) is 28.8 Å². The smallest absolute Gasteiger partial charge is 0.335 e. The molecule has 2 aromatic rings. The Bertz CT molecular complexity index is 3630. The number of carbonyl (C=O) groups is 17. The van der Waals surface area contributed by atoms with Crippen molar-refractivity contribution < 1.29 is 122 Å². The Morgan fingerprint density at radius 2 is 0.618 bits per heavy atom. The number of ketones is 3. The maximum Gasteiger partial charge on any atom is 0.335 e. The Hall–Kier alpha value is -10.5. The Labute approximate surface area is 720 Å². The van der Waals surface area contributed by atoms with Crippen LogP contribution in [0.5, 0.6) is 11.5 Å². The van der Waals surface area contributed by atoms with E-state index in [0.29, 0.717) is 95.3 Å². The maximum atomic E-state index is 13.8. The number of aromatic carboxylic acids is 2. The van der Waals surface area contributed by atoms with Crippen molar-refractivity contribution in [1.82, 2.24) is 42.5 Å². The molecule has 0 radical (unpaired) electrons. The van der Waals surface area contributed by atoms with Crippen molar-refractivity contribution in [2.75, 3.05) is 39.4 Å². The number of rotatable bonds is 75. The van der Waals surface area contributed by atoms with Crippen LogP contribution in [0.15, 0.2) is 48.5 Å². The summed E-state index contributed by atoms with van der Waals surface area (Å²) in [7, 11) is 0. The maximum absolute atomic E-state index is 13.8. The summed E-state index contributed by atoms with van der Waals surface area (Å²) in [4.78, 5) is 211. The van der Waals surface area contributed by atoms with Crippen LogP contribution in [0.25, 0.3) is 0 Å². The SMILES string of the molecule is CC(=O)[C@H](CCCCNC(=O)[C@@H](N)CCCCNC(=O)CC[C@H](NC(=O)CC[C@H](NC(=O)CCCCCCCCCCOc1ccc(C(=O)O)cc1)C(=O)O)C(=O)O)CC(=O)[C@H](CCCCNC(=O)[C@@H](N)CCCCNC(=O)CC[C@H](NC(=O)CC[C@H](NC(=O)CCCCCCCCCCOc1ccc(C(=O)O)cc1)C(=O)O)C(=O)O)CC(=O)C(C)(C)N. The summed E-state index contributed by atoms with van der Waals surface area (Å²) in [6.07, 6.45) is 16.1. The van der Waals surface area contributed by atoms with Gasteiger partial charge in [-0.1, -0.05) is 89.9 Å². The summed E-state index contributed by atoms with van der Waals surface area (Å²) in [6, 6.07) is 5.02. The van der Waals surface area contributed by atoms with Crippen molar-refractivity contribution in [3.8, 4) is 11.5 Å². The van der Waals surface area contributed by atoms with E-state index in [1.807, 2.05) is 0 Å². The van der Waals surface area contributed by atoms with E-state index in [0.717, 1.165) is 89.9 Å². The van der Waals surface area contributed by atoms with Crippen LogP contribution < -0.4 is 69.2 Å². The van der Waals surface area contributed by atoms with Crippen molar-refractivity contribution in [3.63, 3.8) is 0 Å². The highest BCUT2D eigenvalue weighted by atomic mass is 16.5. The molecule has 8 amide bonds. The number of unbranched alkanes of at least 4 members (excludes halogenated alkanes) is 18. The number of nitrogens with one attached hydrogen (secondary N) is 8. The predicted octanol–water partition coefficient (Wildman–Crippen LogP) is 7.24. The summed E-state index contributed by atoms with van der Waals surface area (Å²) in [5, 5.41) is 77.3. The van der Waals surface area contributed by atoms with Crippen LogP contribution >= 0.6 is 0 Å². The molecule has 0 aliphatic heterocycles. The largest absolute Gasteiger partial charge is 0.494 e. The third-order valence-electron chi connectivity index (χ3n) is 20.9. The van der Waals surface area contributed by atoms with Crippen LogP contribution in [-0.4, -0.2) is 212 Å². The normalized spacial score (nSPS) is 13.2. The Balaban J connectivity index is 1.61. The number of nitrogens with two attached hydrogens (primary N) is 3. The Kier molecular flexibility index (Phi) is 56.0. The van der Waals surface area contributed by atoms with Crippen LogP contribution in [0, 0.1) is 11.8 Å². The Morgan fingerprint density at radius 3 is 0.927 bits per heavy atom. The molecule has 36 heteroatoms. The molecule has 0 spiro atoms. The number of ether oxygens (including phenoxy) is 2. The van der Waals surface area contributed by atoms with Gasteiger partial charge < -0.3 is 99.8 Å². The fraction of sp³-hybridized carbons (Fsp3) is 0.667. The standard InChI is InChI=1S/C87H137N11O25/c1-58(99)61(28-18-22-52-93-79(108)65(88)30-20-24-50-91-73(102)46-42-67(83(114)115)97-77(106)48-44-69(85(118)119)95-75(104)32-16-12-8-4-6-10-14-26-54-122-63-38-34-59(35-39-63)81(110)111)56-71(100)62(57-72(101)87(2,3)90)29-19-23-53-94-80(109)66(89)31-21-25-51-92-74(103)47-43-68(84(116)117)98-78(107)49-45-70(86(120)121)96-76(105)33-17-13-9-5-7-11-15-27-55-123-64-40-36-60(37-41-64)82(112)113/h34-41,61-62,65-70H,4-33,42-57,88-90H2,1-3H3,(H,91,102)(H,92,103)(H,93,108)(H,94,109)(H,95,104)(H,96,105)(H,97,106)(H,98,107)(H,110,111)(H,112,113)(H,114,115)(H,116,117)(H,118,119)(H,120,121)/t61-,62-,65+,66+,67+,68+,69+,70+/m1/s1. The molecule has 0 saturated carbocycles. The summed E-state index contributed by atoms with van der Waals surface area (Å²) in [6.45, 7) is 6.32. The summed E-state index contributed by atoms with van der Waals surface area (Å²) in [5.41, 5.74) is 17.6. The third kappa shape index (κ3) is 52.6. The Morgan fingerprint density at radius 1 is 0.333 bits per heavy atom. The number of carboxylic acid groups (broad SMARTS) is 6. The highest BCUT2D eigenvalue weighted by Crippen LogP contribution is 2.25. The second-order valence-corrected chi connectivity index (χ2v) is 32.0. The van der Waals surface area contributed by atoms with Gasteiger partial charge in [-0.05, 0) is 185 Å². The van der Waals surface area contributed by atoms with Crippen LogP contribution in [-0.2, 0) is 71.9 Å². The molecule has 2 rings (SSSR count). The highest BCUT2D eigenvalue weighted by molar-refractivity contribution is 5.95. The number of hydrogen-bond acceptors (Lipinski definition) is 22. The molecule has 0 unspecified atom stereocenters. The molecular formula is C87H137N11O25. The minimum Gasteiger partial charge on any atom is -0.494 e. The van der Waals surface area contributed by atoms with Crippen molar-refractivity contribution in [2.24, 2.45) is 29.0 Å². The average Bonchev–Trinajstić information content (AvgIpc) is 0.855. The highest BCUT2D eigenvalue weighted by Gasteiger charge is 2.32. The fourth-order valence-electron chi connectivity index (χ4n) is 13.2. The molecular weight excluding hydrogens is 1600 g/mol. The topological polar surface area (TPSA) is 604 Å². The molecule has 8 atom stereocenters. The number of amides is 8. The average molecular weight is 1740 g/mol. The van der Waals surface area contributed by atoms with Gasteiger partial charge in [0, 0.05) is 89.4 Å². The van der Waals surface area contributed by atoms with Gasteiger partial charge in [0.05, 0.1) is 42.0 Å². The fourth-order valence-corrected chi connectivity index (χ4v) is 13.2. The number of benzene rings is 2. The summed E-state index contributed by atoms with van der Waals surface area (Å²) >= 11 is 0. The lowest BCUT2D eigenvalue weighted by Gasteiger charge is -2.23. The zero-order chi connectivity index (χ0) is 91.5. The molecule has 0 heterocycles. The number of carbonyl (C=O) groups excluding carboxylic acids is 11. The summed E-state index contributed by atoms with van der Waals surface area (Å²) in [5.74, 6) is -12.9. The van der Waals surface area contributed by atoms with Crippen LogP contribution in [0.3, 0.4) is 0 Å². The lowest BCUT2D eigenvalue weighted by Crippen LogP contribution is -2.44. The number of hydrogen-bond donors (Lipinski definition) is 17. The molecule has 690 valence electrons. The van der Waals surface area contributed by atoms with E-state index in [1.165, 1.54) is 45.0 Å². The molecule has 0 aromatic heterocycles. The van der Waals surface area contributed by atoms with Crippen LogP contribution in [0.4, 0.5) is 0 Å². The molecule has 20 N–H and O–H groups in total. The first-order valence-corrected chi connectivity index (χ1v) is 43.4. The van der Waals surface area contributed by atoms with Gasteiger partial charge in [0.2, 0.25) is 47.3 Å². The van der Waals surface area contributed by atoms with Crippen molar-refractivity contribution in [2.45, 2.75) is 319 Å². The quantitative estimate of drug-likeness (QED) is 0.0290. The van der Waals surface area contributed by atoms with E-state index in [4.69, 9.17) is 36.9 Å². The van der Waals surface area contributed by atoms with Gasteiger partial charge in [-0.15, -0.1) is 0 Å². The van der Waals surface area contributed by atoms with E-state index in [9.17, 15) is 102 Å². The predicted molar refractivity (Wildman–Crippen MR) is 455 cm³/mol. The van der Waals surface area contributed by atoms with E-state index in [-0.39, 0.29) is 138 Å². The minimum atomic E-state index is -1.45. The first kappa shape index (κ1) is 109. The van der Waals surface area contributed by atoms with Crippen molar-refractivity contribution in [1.29, 1.82) is 0 Å². The van der Waals surface area contributed by atoms with Gasteiger partial charge in [-0.2, -0.15) is 0 Å². The van der Waals surface area contributed by atoms with Crippen LogP contribution in [0.2, 0.25) is 0 Å². The molecule has 0 saturated heterocycles. The molecule has 0 bridgehead atoms. The minimum absolute atomic E-state index is 0.0936. The zero-order valence-electron chi connectivity index (χ0n) is 71.9. The lowest BCUT2D eigenvalue weighted by molar-refractivity contribution is -0.143. The molecule has 2 aromatic carbocycles. The molecule has 0 fully saturated rings. The number of Topliss-reactive ketones (excluding diaryl/α,β-unsaturated/α-hetero) is 3. The zero-order valence-corrected chi connectivity index (χ0v) is 71.9. The monoisotopic (exact) mass is 1740 g/mol. The van der Waals surface area contributed by atoms with Gasteiger partial charge in [-0.3, -0.25) is 52.7 Å². The van der Waals surface area contributed by atoms with E-state index >= 15 is 0 Å². The molecule has 0 aliphatic carbocycles. The van der Waals surface area contributed by atoms with Gasteiger partial charge in [0.25, 0.3) is 0 Å². The van der Waals surface area contributed by atoms with Crippen molar-refractivity contribution >= 4 is 100 Å². The molecule has 36 nitrogen and oxygen atoms in total. The molecule has 123 heavy (non-hydrogen) atoms. The van der Waals surface area contributed by atoms with Gasteiger partial charge >= 0.3 is 35.8 Å². The third-order valence-corrected chi connectivity index (χ3v) is 20.9. The van der Waals surface area contributed by atoms with Gasteiger partial charge in [0.15, 0.2) is 5.78 Å². The van der Waals surface area contributed by atoms with E-state index in [2.05, 4.69) is 42.5 Å². The van der Waals surface area contributed by atoms with Gasteiger partial charge in [0.1, 0.15) is 47.2 Å². The van der Waals surface area contributed by atoms with Crippen LogP contribution in [0.1, 0.15) is 298 Å².